The first-order chi connectivity index (χ1) is 9.20. The first-order valence-corrected chi connectivity index (χ1v) is 5.99. The van der Waals surface area contributed by atoms with Crippen molar-refractivity contribution in [2.45, 2.75) is 19.8 Å². The number of rotatable bonds is 5. The lowest BCUT2D eigenvalue weighted by Gasteiger charge is -2.09. The number of halogens is 2. The van der Waals surface area contributed by atoms with E-state index < -0.39 is 0 Å². The molecule has 100 valence electrons. The fraction of sp³-hybridized carbons (Fsp3) is 0.200. The average Bonchev–Trinajstić information content (AvgIpc) is 2.41. The Morgan fingerprint density at radius 1 is 0.895 bits per heavy atom. The molecule has 0 aliphatic carbocycles. The Morgan fingerprint density at radius 3 is 2.37 bits per heavy atom. The Balaban J connectivity index is 2.00. The monoisotopic (exact) mass is 263 g/mol. The summed E-state index contributed by atoms with van der Waals surface area (Å²) in [5, 5.41) is 0. The van der Waals surface area contributed by atoms with Crippen molar-refractivity contribution >= 4 is 0 Å². The van der Waals surface area contributed by atoms with Gasteiger partial charge in [0.1, 0.15) is 11.6 Å². The van der Waals surface area contributed by atoms with Crippen LogP contribution in [0.2, 0.25) is 0 Å². The Kier molecular flexibility index (Phi) is 4.60. The summed E-state index contributed by atoms with van der Waals surface area (Å²) < 4.78 is 31.9. The minimum absolute atomic E-state index is 0.146. The van der Waals surface area contributed by atoms with E-state index in [2.05, 4.69) is 0 Å². The van der Waals surface area contributed by atoms with E-state index in [-0.39, 0.29) is 24.8 Å². The summed E-state index contributed by atoms with van der Waals surface area (Å²) in [4.78, 5) is 0. The van der Waals surface area contributed by atoms with Gasteiger partial charge in [0.25, 0.3) is 0 Å². The van der Waals surface area contributed by atoms with Crippen molar-refractivity contribution in [1.82, 2.24) is 0 Å². The second-order valence-corrected chi connectivity index (χ2v) is 4.20. The Hall–Kier alpha value is -1.78. The van der Waals surface area contributed by atoms with Crippen LogP contribution >= 0.6 is 0 Å². The van der Waals surface area contributed by atoms with Crippen molar-refractivity contribution in [2.24, 2.45) is 5.73 Å². The topological polar surface area (TPSA) is 35.2 Å². The molecule has 19 heavy (non-hydrogen) atoms. The molecule has 2 nitrogen and oxygen atoms in total. The van der Waals surface area contributed by atoms with Crippen molar-refractivity contribution in [2.75, 3.05) is 0 Å². The molecule has 0 saturated heterocycles. The van der Waals surface area contributed by atoms with Crippen LogP contribution in [0.3, 0.4) is 0 Å². The van der Waals surface area contributed by atoms with E-state index >= 15 is 0 Å². The predicted octanol–water partition coefficient (Wildman–Crippen LogP) is 3.14. The highest BCUT2D eigenvalue weighted by Gasteiger charge is 2.05. The van der Waals surface area contributed by atoms with Crippen LogP contribution < -0.4 is 5.73 Å². The lowest BCUT2D eigenvalue weighted by molar-refractivity contribution is 0.104. The molecule has 0 radical (unpaired) electrons. The fourth-order valence-corrected chi connectivity index (χ4v) is 1.81. The molecule has 0 aliphatic rings. The van der Waals surface area contributed by atoms with Crippen LogP contribution in [0.15, 0.2) is 42.5 Å². The third-order valence-electron chi connectivity index (χ3n) is 2.86. The van der Waals surface area contributed by atoms with Crippen LogP contribution in [0, 0.1) is 11.6 Å². The Morgan fingerprint density at radius 2 is 1.63 bits per heavy atom. The molecule has 2 aromatic carbocycles. The van der Waals surface area contributed by atoms with Gasteiger partial charge in [-0.2, -0.15) is 0 Å². The molecule has 0 unspecified atom stereocenters. The summed E-state index contributed by atoms with van der Waals surface area (Å²) in [5.41, 5.74) is 7.57. The molecule has 0 atom stereocenters. The molecule has 0 aromatic heterocycles. The zero-order valence-corrected chi connectivity index (χ0v) is 10.4. The molecular formula is C15H15F2NO. The fourth-order valence-electron chi connectivity index (χ4n) is 1.81. The summed E-state index contributed by atoms with van der Waals surface area (Å²) in [7, 11) is 0. The molecule has 0 aliphatic heterocycles. The van der Waals surface area contributed by atoms with Crippen LogP contribution in [-0.4, -0.2) is 0 Å². The SMILES string of the molecule is NCc1ccc(F)cc1COCc1ccccc1F. The van der Waals surface area contributed by atoms with Gasteiger partial charge < -0.3 is 10.5 Å². The number of hydrogen-bond donors (Lipinski definition) is 1. The molecule has 0 bridgehead atoms. The van der Waals surface area contributed by atoms with Crippen molar-refractivity contribution < 1.29 is 13.5 Å². The van der Waals surface area contributed by atoms with Crippen LogP contribution in [0.1, 0.15) is 16.7 Å². The standard InChI is InChI=1S/C15H15F2NO/c16-14-6-5-11(8-18)13(7-14)10-19-9-12-3-1-2-4-15(12)17/h1-7H,8-10,18H2. The molecule has 0 spiro atoms. The number of nitrogens with two attached hydrogens (primary N) is 1. The van der Waals surface area contributed by atoms with E-state index in [1.807, 2.05) is 0 Å². The minimum atomic E-state index is -0.332. The maximum Gasteiger partial charge on any atom is 0.128 e. The van der Waals surface area contributed by atoms with Gasteiger partial charge in [0.2, 0.25) is 0 Å². The summed E-state index contributed by atoms with van der Waals surface area (Å²) in [6, 6.07) is 10.8. The highest BCUT2D eigenvalue weighted by molar-refractivity contribution is 5.27. The van der Waals surface area contributed by atoms with Crippen LogP contribution in [0.5, 0.6) is 0 Å². The maximum absolute atomic E-state index is 13.4. The molecular weight excluding hydrogens is 248 g/mol. The summed E-state index contributed by atoms with van der Waals surface area (Å²) in [6.45, 7) is 0.671. The second kappa shape index (κ2) is 6.41. The lowest BCUT2D eigenvalue weighted by Crippen LogP contribution is -2.04. The molecule has 0 saturated carbocycles. The van der Waals surface area contributed by atoms with Gasteiger partial charge in [0.05, 0.1) is 13.2 Å². The molecule has 0 heterocycles. The van der Waals surface area contributed by atoms with Gasteiger partial charge in [0, 0.05) is 12.1 Å². The van der Waals surface area contributed by atoms with Crippen molar-refractivity contribution in [1.29, 1.82) is 0 Å². The van der Waals surface area contributed by atoms with Gasteiger partial charge in [-0.3, -0.25) is 0 Å². The minimum Gasteiger partial charge on any atom is -0.372 e. The highest BCUT2D eigenvalue weighted by Crippen LogP contribution is 2.14. The van der Waals surface area contributed by atoms with Gasteiger partial charge in [0.15, 0.2) is 0 Å². The van der Waals surface area contributed by atoms with Gasteiger partial charge >= 0.3 is 0 Å². The summed E-state index contributed by atoms with van der Waals surface area (Å²) in [5.74, 6) is -0.637. The highest BCUT2D eigenvalue weighted by atomic mass is 19.1. The molecule has 2 N–H and O–H groups in total. The molecule has 0 amide bonds. The van der Waals surface area contributed by atoms with E-state index in [9.17, 15) is 8.78 Å². The smallest absolute Gasteiger partial charge is 0.128 e. The van der Waals surface area contributed by atoms with Crippen molar-refractivity contribution in [3.05, 3.63) is 70.8 Å². The first-order valence-electron chi connectivity index (χ1n) is 5.99. The first kappa shape index (κ1) is 13.6. The molecule has 4 heteroatoms. The zero-order chi connectivity index (χ0) is 13.7. The maximum atomic E-state index is 13.4. The van der Waals surface area contributed by atoms with Gasteiger partial charge in [-0.1, -0.05) is 24.3 Å². The third-order valence-corrected chi connectivity index (χ3v) is 2.86. The van der Waals surface area contributed by atoms with Gasteiger partial charge in [-0.15, -0.1) is 0 Å². The predicted molar refractivity (Wildman–Crippen MR) is 69.2 cm³/mol. The Labute approximate surface area is 110 Å². The van der Waals surface area contributed by atoms with Gasteiger partial charge in [-0.05, 0) is 29.3 Å². The van der Waals surface area contributed by atoms with Crippen molar-refractivity contribution in [3.63, 3.8) is 0 Å². The van der Waals surface area contributed by atoms with Gasteiger partial charge in [-0.25, -0.2) is 8.78 Å². The average molecular weight is 263 g/mol. The Bertz CT molecular complexity index is 558. The normalized spacial score (nSPS) is 10.7. The van der Waals surface area contributed by atoms with Crippen LogP contribution in [0.4, 0.5) is 8.78 Å². The van der Waals surface area contributed by atoms with E-state index in [0.29, 0.717) is 17.7 Å². The number of benzene rings is 2. The van der Waals surface area contributed by atoms with E-state index in [1.165, 1.54) is 18.2 Å². The summed E-state index contributed by atoms with van der Waals surface area (Å²) in [6.07, 6.45) is 0. The van der Waals surface area contributed by atoms with E-state index in [4.69, 9.17) is 10.5 Å². The lowest BCUT2D eigenvalue weighted by atomic mass is 10.1. The second-order valence-electron chi connectivity index (χ2n) is 4.20. The number of ether oxygens (including phenoxy) is 1. The zero-order valence-electron chi connectivity index (χ0n) is 10.4. The van der Waals surface area contributed by atoms with Crippen molar-refractivity contribution in [3.8, 4) is 0 Å². The van der Waals surface area contributed by atoms with Crippen LogP contribution in [-0.2, 0) is 24.5 Å². The van der Waals surface area contributed by atoms with Crippen LogP contribution in [0.25, 0.3) is 0 Å². The van der Waals surface area contributed by atoms with E-state index in [0.717, 1.165) is 5.56 Å². The molecule has 2 rings (SSSR count). The number of hydrogen-bond acceptors (Lipinski definition) is 2. The molecule has 0 fully saturated rings. The quantitative estimate of drug-likeness (QED) is 0.899. The third kappa shape index (κ3) is 3.59. The molecule has 2 aromatic rings. The largest absolute Gasteiger partial charge is 0.372 e. The van der Waals surface area contributed by atoms with E-state index in [1.54, 1.807) is 24.3 Å². The summed E-state index contributed by atoms with van der Waals surface area (Å²) >= 11 is 0.